The summed E-state index contributed by atoms with van der Waals surface area (Å²) in [7, 11) is 0. The molecule has 0 aromatic heterocycles. The van der Waals surface area contributed by atoms with Crippen molar-refractivity contribution in [2.45, 2.75) is 12.2 Å². The monoisotopic (exact) mass is 343 g/mol. The second-order valence-corrected chi connectivity index (χ2v) is 6.15. The Hall–Kier alpha value is -1.76. The number of hydrogen-bond donors (Lipinski definition) is 4. The molecule has 2 rings (SSSR count). The maximum Gasteiger partial charge on any atom is 0.0916 e. The van der Waals surface area contributed by atoms with E-state index in [2.05, 4.69) is 10.2 Å². The minimum Gasteiger partial charge on any atom is -0.387 e. The number of benzene rings is 2. The number of aliphatic hydroxyl groups is 2. The van der Waals surface area contributed by atoms with Gasteiger partial charge in [-0.1, -0.05) is 60.7 Å². The maximum atomic E-state index is 10.5. The van der Waals surface area contributed by atoms with E-state index in [1.54, 1.807) is 0 Å². The van der Waals surface area contributed by atoms with Crippen LogP contribution in [0.2, 0.25) is 0 Å². The third-order valence-corrected chi connectivity index (χ3v) is 4.16. The fourth-order valence-electron chi connectivity index (χ4n) is 2.77. The summed E-state index contributed by atoms with van der Waals surface area (Å²) < 4.78 is 0. The molecule has 0 aliphatic carbocycles. The zero-order valence-corrected chi connectivity index (χ0v) is 14.6. The number of rotatable bonds is 11. The Bertz CT molecular complexity index is 533. The van der Waals surface area contributed by atoms with Crippen molar-refractivity contribution < 1.29 is 10.2 Å². The zero-order valence-electron chi connectivity index (χ0n) is 14.6. The molecule has 0 spiro atoms. The van der Waals surface area contributed by atoms with Gasteiger partial charge in [0, 0.05) is 39.3 Å². The Morgan fingerprint density at radius 2 is 1.28 bits per heavy atom. The van der Waals surface area contributed by atoms with E-state index in [0.717, 1.165) is 30.8 Å². The maximum absolute atomic E-state index is 10.5. The van der Waals surface area contributed by atoms with Crippen molar-refractivity contribution in [2.24, 2.45) is 5.73 Å². The highest BCUT2D eigenvalue weighted by Gasteiger charge is 2.17. The van der Waals surface area contributed by atoms with Crippen molar-refractivity contribution in [1.29, 1.82) is 0 Å². The quantitative estimate of drug-likeness (QED) is 0.463. The van der Waals surface area contributed by atoms with Gasteiger partial charge in [-0.05, 0) is 11.1 Å². The first-order valence-corrected chi connectivity index (χ1v) is 8.80. The molecular formula is C20H29N3O2. The van der Waals surface area contributed by atoms with Crippen molar-refractivity contribution in [3.05, 3.63) is 71.8 Å². The van der Waals surface area contributed by atoms with Crippen LogP contribution < -0.4 is 11.1 Å². The highest BCUT2D eigenvalue weighted by molar-refractivity contribution is 5.19. The molecule has 2 aromatic carbocycles. The van der Waals surface area contributed by atoms with Crippen molar-refractivity contribution in [3.63, 3.8) is 0 Å². The Kier molecular flexibility index (Phi) is 8.59. The summed E-state index contributed by atoms with van der Waals surface area (Å²) in [6, 6.07) is 19.2. The molecule has 2 aromatic rings. The van der Waals surface area contributed by atoms with Crippen LogP contribution in [0.15, 0.2) is 60.7 Å². The second-order valence-electron chi connectivity index (χ2n) is 6.15. The van der Waals surface area contributed by atoms with E-state index < -0.39 is 12.2 Å². The first-order valence-electron chi connectivity index (χ1n) is 8.80. The molecule has 5 nitrogen and oxygen atoms in total. The molecule has 0 heterocycles. The average Bonchev–Trinajstić information content (AvgIpc) is 2.66. The largest absolute Gasteiger partial charge is 0.387 e. The van der Waals surface area contributed by atoms with E-state index in [4.69, 9.17) is 5.73 Å². The Morgan fingerprint density at radius 3 is 1.72 bits per heavy atom. The third-order valence-electron chi connectivity index (χ3n) is 4.16. The van der Waals surface area contributed by atoms with Gasteiger partial charge in [-0.3, -0.25) is 4.90 Å². The van der Waals surface area contributed by atoms with Crippen LogP contribution in [0.3, 0.4) is 0 Å². The molecule has 0 bridgehead atoms. The lowest BCUT2D eigenvalue weighted by atomic mass is 10.1. The SMILES string of the molecule is NCCNCCN(CC(O)c1ccccc1)CC(O)c1ccccc1. The highest BCUT2D eigenvalue weighted by Crippen LogP contribution is 2.17. The second kappa shape index (κ2) is 11.0. The topological polar surface area (TPSA) is 81.8 Å². The average molecular weight is 343 g/mol. The zero-order chi connectivity index (χ0) is 17.9. The van der Waals surface area contributed by atoms with Gasteiger partial charge in [-0.25, -0.2) is 0 Å². The van der Waals surface area contributed by atoms with Gasteiger partial charge in [0.25, 0.3) is 0 Å². The summed E-state index contributed by atoms with van der Waals surface area (Å²) in [4.78, 5) is 2.08. The van der Waals surface area contributed by atoms with Crippen molar-refractivity contribution in [1.82, 2.24) is 10.2 Å². The highest BCUT2D eigenvalue weighted by atomic mass is 16.3. The van der Waals surface area contributed by atoms with Gasteiger partial charge in [-0.2, -0.15) is 0 Å². The van der Waals surface area contributed by atoms with Gasteiger partial charge in [0.15, 0.2) is 0 Å². The Morgan fingerprint density at radius 1 is 0.800 bits per heavy atom. The molecule has 0 aliphatic rings. The van der Waals surface area contributed by atoms with Crippen LogP contribution in [-0.2, 0) is 0 Å². The summed E-state index contributed by atoms with van der Waals surface area (Å²) in [5.74, 6) is 0. The Balaban J connectivity index is 1.96. The van der Waals surface area contributed by atoms with E-state index in [9.17, 15) is 10.2 Å². The van der Waals surface area contributed by atoms with Gasteiger partial charge >= 0.3 is 0 Å². The minimum absolute atomic E-state index is 0.470. The van der Waals surface area contributed by atoms with Crippen LogP contribution >= 0.6 is 0 Å². The van der Waals surface area contributed by atoms with E-state index in [0.29, 0.717) is 19.6 Å². The van der Waals surface area contributed by atoms with Crippen LogP contribution in [0.5, 0.6) is 0 Å². The van der Waals surface area contributed by atoms with Gasteiger partial charge < -0.3 is 21.3 Å². The van der Waals surface area contributed by atoms with Crippen molar-refractivity contribution in [2.75, 3.05) is 39.3 Å². The van der Waals surface area contributed by atoms with E-state index in [1.807, 2.05) is 60.7 Å². The predicted octanol–water partition coefficient (Wildman–Crippen LogP) is 1.30. The van der Waals surface area contributed by atoms with Gasteiger partial charge in [-0.15, -0.1) is 0 Å². The number of nitrogens with one attached hydrogen (secondary N) is 1. The fourth-order valence-corrected chi connectivity index (χ4v) is 2.77. The number of aliphatic hydroxyl groups excluding tert-OH is 2. The molecule has 2 unspecified atom stereocenters. The molecule has 5 N–H and O–H groups in total. The fraction of sp³-hybridized carbons (Fsp3) is 0.400. The van der Waals surface area contributed by atoms with Gasteiger partial charge in [0.2, 0.25) is 0 Å². The molecule has 5 heteroatoms. The summed E-state index contributed by atoms with van der Waals surface area (Å²) >= 11 is 0. The smallest absolute Gasteiger partial charge is 0.0916 e. The van der Waals surface area contributed by atoms with E-state index in [1.165, 1.54) is 0 Å². The van der Waals surface area contributed by atoms with Crippen LogP contribution in [0.1, 0.15) is 23.3 Å². The molecule has 0 amide bonds. The molecule has 0 aliphatic heterocycles. The first-order chi connectivity index (χ1) is 12.2. The first kappa shape index (κ1) is 19.6. The molecule has 25 heavy (non-hydrogen) atoms. The lowest BCUT2D eigenvalue weighted by Gasteiger charge is -2.27. The third kappa shape index (κ3) is 6.94. The predicted molar refractivity (Wildman–Crippen MR) is 101 cm³/mol. The molecular weight excluding hydrogens is 314 g/mol. The molecule has 2 atom stereocenters. The summed E-state index contributed by atoms with van der Waals surface area (Å²) in [6.07, 6.45) is -1.17. The molecule has 0 saturated carbocycles. The molecule has 0 saturated heterocycles. The van der Waals surface area contributed by atoms with Gasteiger partial charge in [0.1, 0.15) is 0 Å². The number of hydrogen-bond acceptors (Lipinski definition) is 5. The normalized spacial score (nSPS) is 13.8. The Labute approximate surface area is 150 Å². The van der Waals surface area contributed by atoms with E-state index >= 15 is 0 Å². The molecule has 0 radical (unpaired) electrons. The standard InChI is InChI=1S/C20H29N3O2/c21-11-12-22-13-14-23(15-19(24)17-7-3-1-4-8-17)16-20(25)18-9-5-2-6-10-18/h1-10,19-20,22,24-25H,11-16,21H2. The molecule has 0 fully saturated rings. The van der Waals surface area contributed by atoms with Crippen molar-refractivity contribution >= 4 is 0 Å². The van der Waals surface area contributed by atoms with Crippen LogP contribution in [0.25, 0.3) is 0 Å². The lowest BCUT2D eigenvalue weighted by molar-refractivity contribution is 0.0694. The number of nitrogens with two attached hydrogens (primary N) is 1. The van der Waals surface area contributed by atoms with Crippen LogP contribution in [0, 0.1) is 0 Å². The summed E-state index contributed by atoms with van der Waals surface area (Å²) in [5.41, 5.74) is 7.27. The van der Waals surface area contributed by atoms with Crippen LogP contribution in [0.4, 0.5) is 0 Å². The van der Waals surface area contributed by atoms with Crippen LogP contribution in [-0.4, -0.2) is 54.4 Å². The van der Waals surface area contributed by atoms with Crippen molar-refractivity contribution in [3.8, 4) is 0 Å². The van der Waals surface area contributed by atoms with E-state index in [-0.39, 0.29) is 0 Å². The molecule has 136 valence electrons. The lowest BCUT2D eigenvalue weighted by Crippen LogP contribution is -2.38. The summed E-state index contributed by atoms with van der Waals surface area (Å²) in [5, 5.41) is 24.3. The minimum atomic E-state index is -0.585. The summed E-state index contributed by atoms with van der Waals surface area (Å²) in [6.45, 7) is 3.79. The van der Waals surface area contributed by atoms with Gasteiger partial charge in [0.05, 0.1) is 12.2 Å². The number of nitrogens with zero attached hydrogens (tertiary/aromatic N) is 1.